The van der Waals surface area contributed by atoms with Crippen LogP contribution in [-0.4, -0.2) is 9.04 Å². The molecule has 2 heteroatoms. The van der Waals surface area contributed by atoms with Gasteiger partial charge in [-0.25, -0.2) is 0 Å². The number of benzene rings is 2. The van der Waals surface area contributed by atoms with Gasteiger partial charge in [0, 0.05) is 5.56 Å². The van der Waals surface area contributed by atoms with Crippen molar-refractivity contribution in [3.8, 4) is 16.9 Å². The van der Waals surface area contributed by atoms with E-state index in [4.69, 9.17) is 4.43 Å². The second kappa shape index (κ2) is 6.85. The van der Waals surface area contributed by atoms with Gasteiger partial charge in [-0.2, -0.15) is 0 Å². The molecule has 7 rings (SSSR count). The van der Waals surface area contributed by atoms with Crippen LogP contribution in [0.15, 0.2) is 48.0 Å². The molecule has 5 atom stereocenters. The normalized spacial score (nSPS) is 33.0. The molecule has 0 N–H and O–H groups in total. The Labute approximate surface area is 189 Å². The molecular formula is C29H36OSi. The quantitative estimate of drug-likeness (QED) is 0.383. The summed E-state index contributed by atoms with van der Waals surface area (Å²) in [6.45, 7) is 12.1. The van der Waals surface area contributed by atoms with E-state index < -0.39 is 9.04 Å². The Morgan fingerprint density at radius 1 is 0.839 bits per heavy atom. The molecule has 162 valence electrons. The van der Waals surface area contributed by atoms with E-state index in [0.717, 1.165) is 35.3 Å². The highest BCUT2D eigenvalue weighted by Gasteiger charge is 2.55. The lowest BCUT2D eigenvalue weighted by Crippen LogP contribution is -2.51. The van der Waals surface area contributed by atoms with Gasteiger partial charge in [-0.05, 0) is 102 Å². The van der Waals surface area contributed by atoms with Gasteiger partial charge < -0.3 is 4.43 Å². The molecule has 5 aliphatic rings. The Morgan fingerprint density at radius 3 is 2.32 bits per heavy atom. The summed E-state index contributed by atoms with van der Waals surface area (Å²) in [5.74, 6) is 5.36. The van der Waals surface area contributed by atoms with Gasteiger partial charge >= 0.3 is 0 Å². The second-order valence-corrected chi connectivity index (χ2v) is 14.3. The van der Waals surface area contributed by atoms with Crippen molar-refractivity contribution in [2.75, 3.05) is 0 Å². The zero-order valence-corrected chi connectivity index (χ0v) is 20.9. The minimum atomic E-state index is -1.19. The van der Waals surface area contributed by atoms with Crippen molar-refractivity contribution >= 4 is 14.6 Å². The molecule has 0 spiro atoms. The predicted molar refractivity (Wildman–Crippen MR) is 133 cm³/mol. The van der Waals surface area contributed by atoms with E-state index in [1.165, 1.54) is 47.9 Å². The molecule has 31 heavy (non-hydrogen) atoms. The van der Waals surface area contributed by atoms with Crippen LogP contribution in [0.1, 0.15) is 57.6 Å². The summed E-state index contributed by atoms with van der Waals surface area (Å²) in [6.07, 6.45) is 5.72. The summed E-state index contributed by atoms with van der Waals surface area (Å²) in [4.78, 5) is 0. The fourth-order valence-electron chi connectivity index (χ4n) is 8.12. The molecule has 5 unspecified atom stereocenters. The van der Waals surface area contributed by atoms with Gasteiger partial charge in [0.25, 0.3) is 0 Å². The topological polar surface area (TPSA) is 9.23 Å². The maximum atomic E-state index is 6.56. The van der Waals surface area contributed by atoms with Crippen LogP contribution < -0.4 is 4.43 Å². The lowest BCUT2D eigenvalue weighted by molar-refractivity contribution is -0.0431. The van der Waals surface area contributed by atoms with Crippen LogP contribution in [0.5, 0.6) is 5.75 Å². The summed E-state index contributed by atoms with van der Waals surface area (Å²) < 4.78 is 6.56. The first-order chi connectivity index (χ1) is 14.8. The first-order valence-electron chi connectivity index (χ1n) is 12.5. The Bertz CT molecular complexity index is 1070. The van der Waals surface area contributed by atoms with Gasteiger partial charge in [0.05, 0.1) is 0 Å². The predicted octanol–water partition coefficient (Wildman–Crippen LogP) is 7.56. The van der Waals surface area contributed by atoms with Crippen LogP contribution in [0.2, 0.25) is 13.1 Å². The average Bonchev–Trinajstić information content (AvgIpc) is 3.02. The fourth-order valence-corrected chi connectivity index (χ4v) is 8.82. The lowest BCUT2D eigenvalue weighted by Gasteiger charge is -2.60. The standard InChI is InChI=1S/C29H36OSi/c1-29(2,3)28-19-14-17-13-18(16-19)25(23(28)15-17)27-22-10-7-6-9-20(22)21-11-8-12-24(26(21)27)30-31(4)5/h6-12,17-19,23,28,31H,13-16H2,1-5H3/b27-25-. The monoisotopic (exact) mass is 428 g/mol. The van der Waals surface area contributed by atoms with Gasteiger partial charge in [-0.15, -0.1) is 0 Å². The van der Waals surface area contributed by atoms with Gasteiger partial charge in [-0.1, -0.05) is 62.7 Å². The summed E-state index contributed by atoms with van der Waals surface area (Å²) in [5.41, 5.74) is 9.44. The molecule has 4 fully saturated rings. The third-order valence-electron chi connectivity index (χ3n) is 8.62. The Morgan fingerprint density at radius 2 is 1.58 bits per heavy atom. The van der Waals surface area contributed by atoms with Gasteiger partial charge in [0.1, 0.15) is 5.75 Å². The van der Waals surface area contributed by atoms with E-state index in [-0.39, 0.29) is 0 Å². The van der Waals surface area contributed by atoms with E-state index in [2.05, 4.69) is 76.3 Å². The van der Waals surface area contributed by atoms with E-state index in [0.29, 0.717) is 5.41 Å². The number of hydrogen-bond donors (Lipinski definition) is 0. The van der Waals surface area contributed by atoms with E-state index in [9.17, 15) is 0 Å². The van der Waals surface area contributed by atoms with Crippen molar-refractivity contribution in [1.29, 1.82) is 0 Å². The van der Waals surface area contributed by atoms with Crippen LogP contribution in [0, 0.1) is 35.0 Å². The molecular weight excluding hydrogens is 392 g/mol. The molecule has 0 saturated heterocycles. The van der Waals surface area contributed by atoms with E-state index >= 15 is 0 Å². The third-order valence-corrected chi connectivity index (χ3v) is 9.35. The van der Waals surface area contributed by atoms with Crippen molar-refractivity contribution in [2.24, 2.45) is 35.0 Å². The van der Waals surface area contributed by atoms with Crippen LogP contribution in [0.25, 0.3) is 16.7 Å². The van der Waals surface area contributed by atoms with Crippen molar-refractivity contribution in [1.82, 2.24) is 0 Å². The van der Waals surface area contributed by atoms with E-state index in [1.54, 1.807) is 11.1 Å². The van der Waals surface area contributed by atoms with Crippen LogP contribution >= 0.6 is 0 Å². The molecule has 0 aromatic heterocycles. The zero-order valence-electron chi connectivity index (χ0n) is 19.7. The Balaban J connectivity index is 1.63. The first-order valence-corrected chi connectivity index (χ1v) is 15.2. The fraction of sp³-hybridized carbons (Fsp3) is 0.517. The molecule has 4 bridgehead atoms. The molecule has 0 heterocycles. The number of allylic oxidation sites excluding steroid dienone is 1. The van der Waals surface area contributed by atoms with Crippen LogP contribution in [0.3, 0.4) is 0 Å². The summed E-state index contributed by atoms with van der Waals surface area (Å²) in [6, 6.07) is 15.9. The molecule has 2 aromatic carbocycles. The van der Waals surface area contributed by atoms with Crippen molar-refractivity contribution in [3.05, 3.63) is 59.2 Å². The van der Waals surface area contributed by atoms with Gasteiger partial charge in [0.2, 0.25) is 9.04 Å². The van der Waals surface area contributed by atoms with E-state index in [1.807, 2.05) is 0 Å². The molecule has 2 aromatic rings. The number of fused-ring (bicyclic) bond motifs is 3. The lowest BCUT2D eigenvalue weighted by atomic mass is 9.45. The summed E-state index contributed by atoms with van der Waals surface area (Å²) in [5, 5.41) is 0. The minimum absolute atomic E-state index is 0.371. The smallest absolute Gasteiger partial charge is 0.229 e. The molecule has 0 radical (unpaired) electrons. The summed E-state index contributed by atoms with van der Waals surface area (Å²) in [7, 11) is -1.19. The Kier molecular flexibility index (Phi) is 4.38. The first kappa shape index (κ1) is 19.9. The number of hydrogen-bond acceptors (Lipinski definition) is 1. The molecule has 5 aliphatic carbocycles. The van der Waals surface area contributed by atoms with Crippen LogP contribution in [0.4, 0.5) is 0 Å². The van der Waals surface area contributed by atoms with Crippen molar-refractivity contribution in [3.63, 3.8) is 0 Å². The highest BCUT2D eigenvalue weighted by atomic mass is 28.3. The molecule has 0 aliphatic heterocycles. The minimum Gasteiger partial charge on any atom is -0.547 e. The largest absolute Gasteiger partial charge is 0.547 e. The summed E-state index contributed by atoms with van der Waals surface area (Å²) >= 11 is 0. The highest BCUT2D eigenvalue weighted by Crippen LogP contribution is 2.65. The van der Waals surface area contributed by atoms with Gasteiger partial charge in [0.15, 0.2) is 0 Å². The van der Waals surface area contributed by atoms with Crippen molar-refractivity contribution < 1.29 is 4.43 Å². The van der Waals surface area contributed by atoms with Crippen molar-refractivity contribution in [2.45, 2.75) is 59.5 Å². The zero-order chi connectivity index (χ0) is 21.5. The van der Waals surface area contributed by atoms with Gasteiger partial charge in [-0.3, -0.25) is 0 Å². The number of rotatable bonds is 2. The average molecular weight is 429 g/mol. The molecule has 0 amide bonds. The molecule has 1 nitrogen and oxygen atoms in total. The maximum absolute atomic E-state index is 6.56. The second-order valence-electron chi connectivity index (χ2n) is 12.0. The Hall–Kier alpha value is -1.80. The molecule has 4 saturated carbocycles. The SMILES string of the molecule is C[SiH](C)Oc1cccc2c1/C(=C1/C3CC4CC(C3)C(C(C)(C)C)C1C4)c1ccccc1-2. The van der Waals surface area contributed by atoms with Crippen LogP contribution in [-0.2, 0) is 0 Å². The maximum Gasteiger partial charge on any atom is 0.229 e. The highest BCUT2D eigenvalue weighted by molar-refractivity contribution is 6.49. The third kappa shape index (κ3) is 2.94.